The normalized spacial score (nSPS) is 15.5. The lowest BCUT2D eigenvalue weighted by Gasteiger charge is -2.38. The highest BCUT2D eigenvalue weighted by molar-refractivity contribution is 4.85. The third-order valence-corrected chi connectivity index (χ3v) is 2.66. The molecule has 3 heteroatoms. The zero-order valence-electron chi connectivity index (χ0n) is 7.96. The van der Waals surface area contributed by atoms with Crippen molar-refractivity contribution in [3.8, 4) is 0 Å². The molecule has 0 aromatic heterocycles. The molecule has 0 amide bonds. The molecule has 0 aliphatic rings. The van der Waals surface area contributed by atoms with Crippen LogP contribution in [0, 0.1) is 5.92 Å². The van der Waals surface area contributed by atoms with Crippen molar-refractivity contribution in [1.82, 2.24) is 4.90 Å². The maximum absolute atomic E-state index is 9.00. The van der Waals surface area contributed by atoms with E-state index in [0.717, 1.165) is 0 Å². The molecule has 0 heterocycles. The van der Waals surface area contributed by atoms with Crippen molar-refractivity contribution in [3.05, 3.63) is 0 Å². The van der Waals surface area contributed by atoms with E-state index in [-0.39, 0.29) is 18.1 Å². The van der Waals surface area contributed by atoms with E-state index in [1.807, 2.05) is 14.1 Å². The number of rotatable bonds is 4. The highest BCUT2D eigenvalue weighted by Gasteiger charge is 2.29. The second kappa shape index (κ2) is 4.04. The summed E-state index contributed by atoms with van der Waals surface area (Å²) >= 11 is 0. The molecule has 0 fully saturated rings. The molecule has 0 rings (SSSR count). The van der Waals surface area contributed by atoms with Crippen LogP contribution in [0.3, 0.4) is 0 Å². The van der Waals surface area contributed by atoms with E-state index in [1.54, 1.807) is 0 Å². The van der Waals surface area contributed by atoms with Gasteiger partial charge in [-0.3, -0.25) is 0 Å². The van der Waals surface area contributed by atoms with Crippen LogP contribution in [0.5, 0.6) is 0 Å². The first-order valence-corrected chi connectivity index (χ1v) is 3.95. The van der Waals surface area contributed by atoms with Gasteiger partial charge in [-0.25, -0.2) is 0 Å². The molecule has 1 unspecified atom stereocenters. The minimum Gasteiger partial charge on any atom is -0.396 e. The average Bonchev–Trinajstić information content (AvgIpc) is 1.89. The maximum atomic E-state index is 9.00. The van der Waals surface area contributed by atoms with Gasteiger partial charge >= 0.3 is 0 Å². The summed E-state index contributed by atoms with van der Waals surface area (Å²) in [7, 11) is 4.00. The van der Waals surface area contributed by atoms with Crippen LogP contribution >= 0.6 is 0 Å². The first-order chi connectivity index (χ1) is 4.96. The van der Waals surface area contributed by atoms with Gasteiger partial charge in [0.2, 0.25) is 0 Å². The lowest BCUT2D eigenvalue weighted by Crippen LogP contribution is -2.49. The molecule has 0 bridgehead atoms. The Hall–Kier alpha value is -0.120. The van der Waals surface area contributed by atoms with E-state index in [9.17, 15) is 0 Å². The van der Waals surface area contributed by atoms with Gasteiger partial charge in [0.05, 0.1) is 0 Å². The van der Waals surface area contributed by atoms with Crippen molar-refractivity contribution in [2.24, 2.45) is 11.7 Å². The Kier molecular flexibility index (Phi) is 4.00. The monoisotopic (exact) mass is 160 g/mol. The van der Waals surface area contributed by atoms with Crippen LogP contribution in [0.25, 0.3) is 0 Å². The van der Waals surface area contributed by atoms with Crippen LogP contribution in [0.15, 0.2) is 0 Å². The molecular weight excluding hydrogens is 140 g/mol. The van der Waals surface area contributed by atoms with Gasteiger partial charge in [0.1, 0.15) is 0 Å². The average molecular weight is 160 g/mol. The van der Waals surface area contributed by atoms with E-state index < -0.39 is 0 Å². The molecule has 0 spiro atoms. The molecule has 11 heavy (non-hydrogen) atoms. The zero-order valence-corrected chi connectivity index (χ0v) is 7.96. The topological polar surface area (TPSA) is 49.5 Å². The third kappa shape index (κ3) is 2.43. The minimum absolute atomic E-state index is 0.0243. The minimum atomic E-state index is -0.0243. The molecule has 0 saturated carbocycles. The Bertz CT molecular complexity index is 109. The molecule has 0 saturated heterocycles. The number of aliphatic hydroxyl groups excluding tert-OH is 1. The van der Waals surface area contributed by atoms with E-state index in [2.05, 4.69) is 18.7 Å². The molecule has 0 aliphatic heterocycles. The summed E-state index contributed by atoms with van der Waals surface area (Å²) in [5.41, 5.74) is 5.50. The van der Waals surface area contributed by atoms with Gasteiger partial charge in [-0.05, 0) is 34.5 Å². The fourth-order valence-corrected chi connectivity index (χ4v) is 0.951. The fourth-order valence-electron chi connectivity index (χ4n) is 0.951. The number of nitrogens with zero attached hydrogens (tertiary/aromatic N) is 1. The molecule has 0 aromatic carbocycles. The summed E-state index contributed by atoms with van der Waals surface area (Å²) in [6.07, 6.45) is 0. The van der Waals surface area contributed by atoms with Gasteiger partial charge in [-0.15, -0.1) is 0 Å². The molecule has 68 valence electrons. The summed E-state index contributed by atoms with van der Waals surface area (Å²) in [5, 5.41) is 9.00. The Labute approximate surface area is 69.2 Å². The van der Waals surface area contributed by atoms with Crippen molar-refractivity contribution in [2.75, 3.05) is 27.2 Å². The van der Waals surface area contributed by atoms with Crippen molar-refractivity contribution in [2.45, 2.75) is 19.4 Å². The lowest BCUT2D eigenvalue weighted by atomic mass is 9.87. The molecule has 3 nitrogen and oxygen atoms in total. The molecule has 3 N–H and O–H groups in total. The summed E-state index contributed by atoms with van der Waals surface area (Å²) in [5.74, 6) is 0.150. The van der Waals surface area contributed by atoms with Crippen LogP contribution in [-0.2, 0) is 0 Å². The number of hydrogen-bond donors (Lipinski definition) is 2. The summed E-state index contributed by atoms with van der Waals surface area (Å²) in [4.78, 5) is 2.08. The first kappa shape index (κ1) is 10.9. The molecule has 0 aromatic rings. The highest BCUT2D eigenvalue weighted by atomic mass is 16.3. The standard InChI is InChI=1S/C8H20N2O/c1-8(2,10(3)4)7(5-9)6-11/h7,11H,5-6,9H2,1-4H3. The second-order valence-electron chi connectivity index (χ2n) is 3.66. The summed E-state index contributed by atoms with van der Waals surface area (Å²) in [6, 6.07) is 0. The number of nitrogens with two attached hydrogens (primary N) is 1. The summed E-state index contributed by atoms with van der Waals surface area (Å²) in [6.45, 7) is 4.85. The SMILES string of the molecule is CN(C)C(C)(C)C(CN)CO. The van der Waals surface area contributed by atoms with Gasteiger partial charge in [-0.1, -0.05) is 0 Å². The molecular formula is C8H20N2O. The predicted octanol–water partition coefficient (Wildman–Crippen LogP) is -0.106. The van der Waals surface area contributed by atoms with Crippen molar-refractivity contribution in [1.29, 1.82) is 0 Å². The van der Waals surface area contributed by atoms with Crippen LogP contribution < -0.4 is 5.73 Å². The van der Waals surface area contributed by atoms with Crippen molar-refractivity contribution >= 4 is 0 Å². The predicted molar refractivity (Wildman–Crippen MR) is 47.4 cm³/mol. The van der Waals surface area contributed by atoms with Gasteiger partial charge in [0.15, 0.2) is 0 Å². The molecule has 0 aliphatic carbocycles. The highest BCUT2D eigenvalue weighted by Crippen LogP contribution is 2.20. The van der Waals surface area contributed by atoms with E-state index in [4.69, 9.17) is 10.8 Å². The van der Waals surface area contributed by atoms with Crippen LogP contribution in [0.4, 0.5) is 0 Å². The molecule has 0 radical (unpaired) electrons. The van der Waals surface area contributed by atoms with Crippen LogP contribution in [0.1, 0.15) is 13.8 Å². The molecule has 1 atom stereocenters. The van der Waals surface area contributed by atoms with Gasteiger partial charge < -0.3 is 15.7 Å². The summed E-state index contributed by atoms with van der Waals surface area (Å²) < 4.78 is 0. The fraction of sp³-hybridized carbons (Fsp3) is 1.00. The van der Waals surface area contributed by atoms with E-state index in [1.165, 1.54) is 0 Å². The Balaban J connectivity index is 4.24. The Morgan fingerprint density at radius 1 is 1.45 bits per heavy atom. The Morgan fingerprint density at radius 3 is 2.00 bits per heavy atom. The maximum Gasteiger partial charge on any atom is 0.0488 e. The smallest absolute Gasteiger partial charge is 0.0488 e. The lowest BCUT2D eigenvalue weighted by molar-refractivity contribution is 0.0740. The third-order valence-electron chi connectivity index (χ3n) is 2.66. The number of hydrogen-bond acceptors (Lipinski definition) is 3. The zero-order chi connectivity index (χ0) is 9.07. The van der Waals surface area contributed by atoms with Gasteiger partial charge in [-0.2, -0.15) is 0 Å². The quantitative estimate of drug-likeness (QED) is 0.603. The number of aliphatic hydroxyl groups is 1. The van der Waals surface area contributed by atoms with E-state index in [0.29, 0.717) is 6.54 Å². The van der Waals surface area contributed by atoms with Gasteiger partial charge in [0.25, 0.3) is 0 Å². The van der Waals surface area contributed by atoms with Crippen LogP contribution in [0.2, 0.25) is 0 Å². The van der Waals surface area contributed by atoms with Crippen molar-refractivity contribution in [3.63, 3.8) is 0 Å². The second-order valence-corrected chi connectivity index (χ2v) is 3.66. The first-order valence-electron chi connectivity index (χ1n) is 3.95. The van der Waals surface area contributed by atoms with Crippen LogP contribution in [-0.4, -0.2) is 42.8 Å². The Morgan fingerprint density at radius 2 is 1.91 bits per heavy atom. The largest absolute Gasteiger partial charge is 0.396 e. The van der Waals surface area contributed by atoms with Crippen molar-refractivity contribution < 1.29 is 5.11 Å². The van der Waals surface area contributed by atoms with E-state index >= 15 is 0 Å². The van der Waals surface area contributed by atoms with Gasteiger partial charge in [0, 0.05) is 18.1 Å².